The summed E-state index contributed by atoms with van der Waals surface area (Å²) >= 11 is 1.60. The molecule has 4 nitrogen and oxygen atoms in total. The molecule has 0 unspecified atom stereocenters. The molecule has 0 radical (unpaired) electrons. The zero-order valence-electron chi connectivity index (χ0n) is 11.3. The van der Waals surface area contributed by atoms with Crippen LogP contribution >= 0.6 is 11.3 Å². The Kier molecular flexibility index (Phi) is 3.22. The summed E-state index contributed by atoms with van der Waals surface area (Å²) < 4.78 is 0. The van der Waals surface area contributed by atoms with E-state index in [4.69, 9.17) is 5.73 Å². The van der Waals surface area contributed by atoms with Crippen molar-refractivity contribution in [2.75, 3.05) is 5.73 Å². The van der Waals surface area contributed by atoms with Gasteiger partial charge in [0, 0.05) is 11.1 Å². The number of aryl methyl sites for hydroxylation is 1. The number of nitrogens with zero attached hydrogens (tertiary/aromatic N) is 1. The molecule has 1 aromatic carbocycles. The minimum atomic E-state index is -0.348. The minimum Gasteiger partial charge on any atom is -0.399 e. The van der Waals surface area contributed by atoms with Crippen molar-refractivity contribution in [2.45, 2.75) is 31.7 Å². The van der Waals surface area contributed by atoms with Gasteiger partial charge in [0.15, 0.2) is 0 Å². The number of nitrogens with one attached hydrogen (secondary N) is 1. The number of benzene rings is 1. The molecule has 0 atom stereocenters. The predicted octanol–water partition coefficient (Wildman–Crippen LogP) is 2.38. The molecule has 20 heavy (non-hydrogen) atoms. The highest BCUT2D eigenvalue weighted by Gasteiger charge is 2.51. The Labute approximate surface area is 122 Å². The second kappa shape index (κ2) is 4.90. The number of hydrogen-bond donors (Lipinski definition) is 2. The van der Waals surface area contributed by atoms with Crippen LogP contribution in [0.3, 0.4) is 0 Å². The van der Waals surface area contributed by atoms with E-state index in [2.05, 4.69) is 10.3 Å². The number of amides is 1. The Balaban J connectivity index is 1.68. The third kappa shape index (κ3) is 2.41. The van der Waals surface area contributed by atoms with Crippen molar-refractivity contribution in [3.63, 3.8) is 0 Å². The fourth-order valence-corrected chi connectivity index (χ4v) is 3.02. The van der Waals surface area contributed by atoms with Crippen LogP contribution in [0.1, 0.15) is 29.1 Å². The Bertz CT molecular complexity index is 629. The Morgan fingerprint density at radius 1 is 1.40 bits per heavy atom. The lowest BCUT2D eigenvalue weighted by Gasteiger charge is -2.15. The van der Waals surface area contributed by atoms with Gasteiger partial charge >= 0.3 is 0 Å². The van der Waals surface area contributed by atoms with E-state index in [-0.39, 0.29) is 11.3 Å². The number of aromatic nitrogens is 1. The highest BCUT2D eigenvalue weighted by atomic mass is 32.1. The molecule has 0 bridgehead atoms. The number of hydrogen-bond acceptors (Lipinski definition) is 4. The van der Waals surface area contributed by atoms with Gasteiger partial charge in [-0.15, -0.1) is 11.3 Å². The van der Waals surface area contributed by atoms with E-state index in [1.807, 2.05) is 36.6 Å². The summed E-state index contributed by atoms with van der Waals surface area (Å²) in [7, 11) is 0. The van der Waals surface area contributed by atoms with E-state index in [1.165, 1.54) is 0 Å². The molecule has 1 heterocycles. The predicted molar refractivity (Wildman–Crippen MR) is 80.5 cm³/mol. The maximum absolute atomic E-state index is 12.4. The van der Waals surface area contributed by atoms with Gasteiger partial charge in [-0.1, -0.05) is 12.1 Å². The third-order valence-electron chi connectivity index (χ3n) is 3.74. The van der Waals surface area contributed by atoms with Gasteiger partial charge in [0.25, 0.3) is 0 Å². The number of carbonyl (C=O) groups excluding carboxylic acids is 1. The first kappa shape index (κ1) is 13.1. The molecule has 0 spiro atoms. The number of nitrogen functional groups attached to an aromatic ring is 1. The quantitative estimate of drug-likeness (QED) is 0.848. The fraction of sp³-hybridized carbons (Fsp3) is 0.333. The summed E-state index contributed by atoms with van der Waals surface area (Å²) in [5, 5.41) is 6.01. The first-order valence-electron chi connectivity index (χ1n) is 6.65. The largest absolute Gasteiger partial charge is 0.399 e. The smallest absolute Gasteiger partial charge is 0.230 e. The van der Waals surface area contributed by atoms with Gasteiger partial charge in [-0.3, -0.25) is 4.79 Å². The molecule has 1 aliphatic carbocycles. The van der Waals surface area contributed by atoms with Crippen LogP contribution in [0.15, 0.2) is 29.6 Å². The van der Waals surface area contributed by atoms with Crippen LogP contribution in [0.4, 0.5) is 5.69 Å². The molecular weight excluding hydrogens is 270 g/mol. The van der Waals surface area contributed by atoms with Crippen LogP contribution in [-0.4, -0.2) is 10.9 Å². The van der Waals surface area contributed by atoms with Gasteiger partial charge in [0.05, 0.1) is 22.7 Å². The molecule has 104 valence electrons. The first-order chi connectivity index (χ1) is 9.60. The average Bonchev–Trinajstić information content (AvgIpc) is 3.15. The highest BCUT2D eigenvalue weighted by molar-refractivity contribution is 7.09. The van der Waals surface area contributed by atoms with Gasteiger partial charge in [-0.05, 0) is 37.5 Å². The van der Waals surface area contributed by atoms with Gasteiger partial charge in [-0.25, -0.2) is 4.98 Å². The van der Waals surface area contributed by atoms with Crippen LogP contribution in [0, 0.1) is 6.92 Å². The maximum atomic E-state index is 12.4. The van der Waals surface area contributed by atoms with Gasteiger partial charge in [0.2, 0.25) is 5.91 Å². The Morgan fingerprint density at radius 2 is 2.10 bits per heavy atom. The van der Waals surface area contributed by atoms with Crippen molar-refractivity contribution in [3.8, 4) is 0 Å². The Hall–Kier alpha value is -1.88. The molecule has 1 saturated carbocycles. The molecule has 1 amide bonds. The molecule has 3 rings (SSSR count). The molecule has 2 aromatic rings. The highest BCUT2D eigenvalue weighted by Crippen LogP contribution is 2.48. The first-order valence-corrected chi connectivity index (χ1v) is 7.53. The lowest BCUT2D eigenvalue weighted by molar-refractivity contribution is -0.123. The molecular formula is C15H17N3OS. The van der Waals surface area contributed by atoms with E-state index in [0.717, 1.165) is 34.8 Å². The fourth-order valence-electron chi connectivity index (χ4n) is 2.40. The van der Waals surface area contributed by atoms with Crippen LogP contribution in [0.2, 0.25) is 0 Å². The van der Waals surface area contributed by atoms with Crippen LogP contribution in [-0.2, 0) is 16.8 Å². The van der Waals surface area contributed by atoms with Gasteiger partial charge in [-0.2, -0.15) is 0 Å². The lowest BCUT2D eigenvalue weighted by Crippen LogP contribution is -2.34. The summed E-state index contributed by atoms with van der Waals surface area (Å²) in [6, 6.07) is 7.61. The van der Waals surface area contributed by atoms with E-state index < -0.39 is 0 Å². The lowest BCUT2D eigenvalue weighted by atomic mass is 9.95. The van der Waals surface area contributed by atoms with Crippen molar-refractivity contribution in [1.82, 2.24) is 10.3 Å². The topological polar surface area (TPSA) is 68.0 Å². The van der Waals surface area contributed by atoms with E-state index in [1.54, 1.807) is 11.3 Å². The van der Waals surface area contributed by atoms with Crippen LogP contribution in [0.25, 0.3) is 0 Å². The van der Waals surface area contributed by atoms with E-state index in [0.29, 0.717) is 6.54 Å². The third-order valence-corrected chi connectivity index (χ3v) is 4.57. The standard InChI is InChI=1S/C15H17N3OS/c1-10-18-13(9-20-10)8-17-14(19)15(6-7-15)11-2-4-12(16)5-3-11/h2-5,9H,6-8,16H2,1H3,(H,17,19). The van der Waals surface area contributed by atoms with Crippen molar-refractivity contribution in [2.24, 2.45) is 0 Å². The number of anilines is 1. The summed E-state index contributed by atoms with van der Waals surface area (Å²) in [5.74, 6) is 0.0907. The zero-order valence-corrected chi connectivity index (χ0v) is 12.2. The van der Waals surface area contributed by atoms with Crippen molar-refractivity contribution >= 4 is 22.9 Å². The molecule has 5 heteroatoms. The normalized spacial score (nSPS) is 15.8. The number of carbonyl (C=O) groups is 1. The number of nitrogens with two attached hydrogens (primary N) is 1. The average molecular weight is 287 g/mol. The van der Waals surface area contributed by atoms with Crippen molar-refractivity contribution in [1.29, 1.82) is 0 Å². The van der Waals surface area contributed by atoms with Gasteiger partial charge in [0.1, 0.15) is 0 Å². The van der Waals surface area contributed by atoms with Crippen molar-refractivity contribution in [3.05, 3.63) is 45.9 Å². The molecule has 1 fully saturated rings. The molecule has 1 aliphatic rings. The minimum absolute atomic E-state index is 0.0907. The van der Waals surface area contributed by atoms with Crippen molar-refractivity contribution < 1.29 is 4.79 Å². The summed E-state index contributed by atoms with van der Waals surface area (Å²) in [5.41, 5.74) is 8.05. The molecule has 3 N–H and O–H groups in total. The molecule has 1 aromatic heterocycles. The second-order valence-corrected chi connectivity index (χ2v) is 6.31. The van der Waals surface area contributed by atoms with Crippen LogP contribution in [0.5, 0.6) is 0 Å². The Morgan fingerprint density at radius 3 is 2.65 bits per heavy atom. The van der Waals surface area contributed by atoms with E-state index in [9.17, 15) is 4.79 Å². The van der Waals surface area contributed by atoms with E-state index >= 15 is 0 Å². The zero-order chi connectivity index (χ0) is 14.2. The molecule has 0 saturated heterocycles. The summed E-state index contributed by atoms with van der Waals surface area (Å²) in [4.78, 5) is 16.8. The summed E-state index contributed by atoms with van der Waals surface area (Å²) in [6.07, 6.45) is 1.80. The number of rotatable bonds is 4. The summed E-state index contributed by atoms with van der Waals surface area (Å²) in [6.45, 7) is 2.46. The molecule has 0 aliphatic heterocycles. The number of thiazole rings is 1. The van der Waals surface area contributed by atoms with Crippen LogP contribution < -0.4 is 11.1 Å². The second-order valence-electron chi connectivity index (χ2n) is 5.24. The SMILES string of the molecule is Cc1nc(CNC(=O)C2(c3ccc(N)cc3)CC2)cs1. The maximum Gasteiger partial charge on any atom is 0.230 e. The monoisotopic (exact) mass is 287 g/mol. The van der Waals surface area contributed by atoms with Gasteiger partial charge < -0.3 is 11.1 Å².